The fourth-order valence-corrected chi connectivity index (χ4v) is 1.82. The number of nitrogens with one attached hydrogen (secondary N) is 1. The van der Waals surface area contributed by atoms with E-state index in [2.05, 4.69) is 5.32 Å². The summed E-state index contributed by atoms with van der Waals surface area (Å²) in [5, 5.41) is 21.2. The normalized spacial score (nSPS) is 16.0. The number of aromatic hydroxyl groups is 2. The number of hydrogen-bond donors (Lipinski definition) is 3. The van der Waals surface area contributed by atoms with E-state index in [0.717, 1.165) is 0 Å². The molecule has 0 radical (unpaired) electrons. The highest BCUT2D eigenvalue weighted by Gasteiger charge is 2.21. The maximum atomic E-state index is 12.1. The highest BCUT2D eigenvalue weighted by atomic mass is 16.3. The third-order valence-corrected chi connectivity index (χ3v) is 2.77. The van der Waals surface area contributed by atoms with E-state index in [1.54, 1.807) is 0 Å². The van der Waals surface area contributed by atoms with Crippen molar-refractivity contribution in [2.45, 2.75) is 6.42 Å². The van der Waals surface area contributed by atoms with Gasteiger partial charge in [-0.1, -0.05) is 0 Å². The Morgan fingerprint density at radius 2 is 2.06 bits per heavy atom. The summed E-state index contributed by atoms with van der Waals surface area (Å²) in [6, 6.07) is 3.86. The molecule has 0 unspecified atom stereocenters. The summed E-state index contributed by atoms with van der Waals surface area (Å²) in [4.78, 5) is 24.9. The minimum Gasteiger partial charge on any atom is -0.504 e. The highest BCUT2D eigenvalue weighted by molar-refractivity contribution is 5.97. The first-order chi connectivity index (χ1) is 8.58. The number of rotatable bonds is 1. The quantitative estimate of drug-likeness (QED) is 0.615. The zero-order valence-corrected chi connectivity index (χ0v) is 9.72. The average Bonchev–Trinajstić information content (AvgIpc) is 2.56. The van der Waals surface area contributed by atoms with Gasteiger partial charge in [-0.15, -0.1) is 0 Å². The van der Waals surface area contributed by atoms with E-state index in [4.69, 9.17) is 0 Å². The summed E-state index contributed by atoms with van der Waals surface area (Å²) in [6.07, 6.45) is 0.696. The Bertz CT molecular complexity index is 487. The average molecular weight is 250 g/mol. The van der Waals surface area contributed by atoms with Gasteiger partial charge < -0.3 is 20.4 Å². The van der Waals surface area contributed by atoms with Crippen molar-refractivity contribution in [3.8, 4) is 11.5 Å². The first kappa shape index (κ1) is 12.2. The zero-order chi connectivity index (χ0) is 13.1. The molecular formula is C12H14N2O4. The van der Waals surface area contributed by atoms with Crippen LogP contribution in [-0.2, 0) is 4.79 Å². The van der Waals surface area contributed by atoms with E-state index in [1.807, 2.05) is 0 Å². The van der Waals surface area contributed by atoms with Crippen molar-refractivity contribution in [3.63, 3.8) is 0 Å². The third kappa shape index (κ3) is 2.53. The van der Waals surface area contributed by atoms with Gasteiger partial charge in [-0.05, 0) is 24.6 Å². The van der Waals surface area contributed by atoms with Gasteiger partial charge in [-0.25, -0.2) is 0 Å². The molecule has 1 aliphatic heterocycles. The predicted molar refractivity (Wildman–Crippen MR) is 63.3 cm³/mol. The lowest BCUT2D eigenvalue weighted by Gasteiger charge is -2.19. The molecule has 1 aromatic rings. The SMILES string of the molecule is O=C1CN(C(=O)c2ccc(O)c(O)c2)CCCN1. The largest absolute Gasteiger partial charge is 0.504 e. The van der Waals surface area contributed by atoms with E-state index in [1.165, 1.54) is 23.1 Å². The predicted octanol–water partition coefficient (Wildman–Crippen LogP) is 0.0599. The molecule has 1 saturated heterocycles. The molecule has 1 heterocycles. The molecule has 1 aliphatic rings. The van der Waals surface area contributed by atoms with Gasteiger partial charge in [0.25, 0.3) is 5.91 Å². The summed E-state index contributed by atoms with van der Waals surface area (Å²) in [5.74, 6) is -1.15. The fraction of sp³-hybridized carbons (Fsp3) is 0.333. The molecule has 6 heteroatoms. The summed E-state index contributed by atoms with van der Waals surface area (Å²) in [5.41, 5.74) is 0.250. The summed E-state index contributed by atoms with van der Waals surface area (Å²) in [6.45, 7) is 1.06. The van der Waals surface area contributed by atoms with Gasteiger partial charge in [0.05, 0.1) is 6.54 Å². The Morgan fingerprint density at radius 3 is 2.78 bits per heavy atom. The molecule has 1 aromatic carbocycles. The van der Waals surface area contributed by atoms with Gasteiger partial charge in [0.2, 0.25) is 5.91 Å². The lowest BCUT2D eigenvalue weighted by molar-refractivity contribution is -0.121. The molecule has 96 valence electrons. The van der Waals surface area contributed by atoms with Gasteiger partial charge in [0.1, 0.15) is 0 Å². The van der Waals surface area contributed by atoms with Gasteiger partial charge in [0, 0.05) is 18.7 Å². The number of carbonyl (C=O) groups is 2. The molecular weight excluding hydrogens is 236 g/mol. The van der Waals surface area contributed by atoms with Crippen molar-refractivity contribution in [1.29, 1.82) is 0 Å². The molecule has 0 atom stereocenters. The van der Waals surface area contributed by atoms with Crippen molar-refractivity contribution in [2.24, 2.45) is 0 Å². The van der Waals surface area contributed by atoms with E-state index >= 15 is 0 Å². The number of nitrogens with zero attached hydrogens (tertiary/aromatic N) is 1. The van der Waals surface area contributed by atoms with Crippen LogP contribution in [0.15, 0.2) is 18.2 Å². The fourth-order valence-electron chi connectivity index (χ4n) is 1.82. The molecule has 3 N–H and O–H groups in total. The Hall–Kier alpha value is -2.24. The molecule has 0 aliphatic carbocycles. The Balaban J connectivity index is 2.19. The van der Waals surface area contributed by atoms with Crippen molar-refractivity contribution < 1.29 is 19.8 Å². The molecule has 0 bridgehead atoms. The molecule has 18 heavy (non-hydrogen) atoms. The monoisotopic (exact) mass is 250 g/mol. The molecule has 2 amide bonds. The molecule has 2 rings (SSSR count). The molecule has 0 aromatic heterocycles. The standard InChI is InChI=1S/C12H14N2O4/c15-9-3-2-8(6-10(9)16)12(18)14-5-1-4-13-11(17)7-14/h2-3,6,15-16H,1,4-5,7H2,(H,13,17). The van der Waals surface area contributed by atoms with E-state index in [0.29, 0.717) is 19.5 Å². The summed E-state index contributed by atoms with van der Waals surface area (Å²) >= 11 is 0. The van der Waals surface area contributed by atoms with Crippen LogP contribution in [-0.4, -0.2) is 46.6 Å². The molecule has 0 saturated carbocycles. The van der Waals surface area contributed by atoms with Gasteiger partial charge in [0.15, 0.2) is 11.5 Å². The number of phenolic OH excluding ortho intramolecular Hbond substituents is 2. The first-order valence-electron chi connectivity index (χ1n) is 5.66. The second kappa shape index (κ2) is 4.95. The first-order valence-corrected chi connectivity index (χ1v) is 5.66. The summed E-state index contributed by atoms with van der Waals surface area (Å²) in [7, 11) is 0. The maximum Gasteiger partial charge on any atom is 0.254 e. The van der Waals surface area contributed by atoms with Gasteiger partial charge >= 0.3 is 0 Å². The number of carbonyl (C=O) groups excluding carboxylic acids is 2. The van der Waals surface area contributed by atoms with Crippen LogP contribution in [0.3, 0.4) is 0 Å². The van der Waals surface area contributed by atoms with E-state index in [-0.39, 0.29) is 35.4 Å². The smallest absolute Gasteiger partial charge is 0.254 e. The third-order valence-electron chi connectivity index (χ3n) is 2.77. The van der Waals surface area contributed by atoms with Crippen LogP contribution >= 0.6 is 0 Å². The molecule has 1 fully saturated rings. The second-order valence-corrected chi connectivity index (χ2v) is 4.13. The number of benzene rings is 1. The van der Waals surface area contributed by atoms with Crippen LogP contribution in [0.2, 0.25) is 0 Å². The summed E-state index contributed by atoms with van der Waals surface area (Å²) < 4.78 is 0. The van der Waals surface area contributed by atoms with Crippen LogP contribution in [0.5, 0.6) is 11.5 Å². The van der Waals surface area contributed by atoms with Crippen LogP contribution in [0.1, 0.15) is 16.8 Å². The van der Waals surface area contributed by atoms with Crippen molar-refractivity contribution >= 4 is 11.8 Å². The van der Waals surface area contributed by atoms with E-state index < -0.39 is 0 Å². The van der Waals surface area contributed by atoms with Crippen LogP contribution in [0.4, 0.5) is 0 Å². The van der Waals surface area contributed by atoms with Gasteiger partial charge in [-0.3, -0.25) is 9.59 Å². The maximum absolute atomic E-state index is 12.1. The Kier molecular flexibility index (Phi) is 3.36. The lowest BCUT2D eigenvalue weighted by atomic mass is 10.1. The Morgan fingerprint density at radius 1 is 1.28 bits per heavy atom. The molecule has 6 nitrogen and oxygen atoms in total. The minimum atomic E-state index is -0.347. The highest BCUT2D eigenvalue weighted by Crippen LogP contribution is 2.25. The van der Waals surface area contributed by atoms with Crippen LogP contribution in [0, 0.1) is 0 Å². The van der Waals surface area contributed by atoms with Gasteiger partial charge in [-0.2, -0.15) is 0 Å². The Labute approximate surface area is 104 Å². The van der Waals surface area contributed by atoms with Crippen molar-refractivity contribution in [3.05, 3.63) is 23.8 Å². The zero-order valence-electron chi connectivity index (χ0n) is 9.72. The topological polar surface area (TPSA) is 89.9 Å². The number of phenols is 2. The van der Waals surface area contributed by atoms with Crippen LogP contribution < -0.4 is 5.32 Å². The molecule has 0 spiro atoms. The lowest BCUT2D eigenvalue weighted by Crippen LogP contribution is -2.37. The number of amides is 2. The number of hydrogen-bond acceptors (Lipinski definition) is 4. The van der Waals surface area contributed by atoms with Crippen molar-refractivity contribution in [2.75, 3.05) is 19.6 Å². The van der Waals surface area contributed by atoms with E-state index in [9.17, 15) is 19.8 Å². The minimum absolute atomic E-state index is 0.0144. The van der Waals surface area contributed by atoms with Crippen molar-refractivity contribution in [1.82, 2.24) is 10.2 Å². The second-order valence-electron chi connectivity index (χ2n) is 4.13. The van der Waals surface area contributed by atoms with Crippen LogP contribution in [0.25, 0.3) is 0 Å².